The van der Waals surface area contributed by atoms with Gasteiger partial charge in [-0.2, -0.15) is 0 Å². The summed E-state index contributed by atoms with van der Waals surface area (Å²) in [5, 5.41) is 0. The molecule has 0 N–H and O–H groups in total. The summed E-state index contributed by atoms with van der Waals surface area (Å²) >= 11 is 1.48. The van der Waals surface area contributed by atoms with Crippen LogP contribution in [0.5, 0.6) is 0 Å². The van der Waals surface area contributed by atoms with E-state index in [9.17, 15) is 9.18 Å². The van der Waals surface area contributed by atoms with Gasteiger partial charge in [0.1, 0.15) is 5.82 Å². The molecule has 22 heavy (non-hydrogen) atoms. The number of benzene rings is 1. The average molecular weight is 315 g/mol. The van der Waals surface area contributed by atoms with E-state index in [1.165, 1.54) is 30.2 Å². The Morgan fingerprint density at radius 3 is 2.82 bits per heavy atom. The molecule has 1 amide bonds. The first-order chi connectivity index (χ1) is 10.6. The van der Waals surface area contributed by atoms with Gasteiger partial charge >= 0.3 is 0 Å². The van der Waals surface area contributed by atoms with E-state index in [1.807, 2.05) is 25.2 Å². The van der Waals surface area contributed by atoms with Gasteiger partial charge in [-0.3, -0.25) is 4.79 Å². The fraction of sp³-hybridized carbons (Fsp3) is 0.278. The van der Waals surface area contributed by atoms with E-state index in [1.54, 1.807) is 29.2 Å². The summed E-state index contributed by atoms with van der Waals surface area (Å²) < 4.78 is 13.8. The number of rotatable bonds is 5. The lowest BCUT2D eigenvalue weighted by molar-refractivity contribution is -0.124. The second-order valence-electron chi connectivity index (χ2n) is 5.68. The summed E-state index contributed by atoms with van der Waals surface area (Å²) in [6.45, 7) is 0.841. The number of nitrogens with zero attached hydrogens (tertiary/aromatic N) is 1. The molecule has 1 saturated carbocycles. The highest BCUT2D eigenvalue weighted by atomic mass is 32.1. The van der Waals surface area contributed by atoms with Gasteiger partial charge < -0.3 is 4.90 Å². The lowest BCUT2D eigenvalue weighted by Crippen LogP contribution is -2.26. The summed E-state index contributed by atoms with van der Waals surface area (Å²) in [4.78, 5) is 15.6. The van der Waals surface area contributed by atoms with Crippen molar-refractivity contribution in [2.75, 3.05) is 13.6 Å². The highest BCUT2D eigenvalue weighted by Gasteiger charge is 2.23. The minimum atomic E-state index is -0.222. The molecule has 1 fully saturated rings. The maximum atomic E-state index is 13.8. The Morgan fingerprint density at radius 1 is 1.32 bits per heavy atom. The summed E-state index contributed by atoms with van der Waals surface area (Å²) in [5.74, 6) is 0.490. The van der Waals surface area contributed by atoms with Crippen molar-refractivity contribution in [3.05, 3.63) is 53.2 Å². The monoisotopic (exact) mass is 315 g/mol. The molecule has 1 aliphatic rings. The standard InChI is InChI=1S/C18H18FNOS/c1-20(12-13-6-7-13)18(21)11-9-14-8-10-17(22-14)15-4-2-3-5-16(15)19/h2-5,8-11,13H,6-7,12H2,1H3/b11-9+. The third kappa shape index (κ3) is 3.63. The Hall–Kier alpha value is -1.94. The number of likely N-dealkylation sites (N-methyl/N-ethyl adjacent to an activating group) is 1. The zero-order valence-electron chi connectivity index (χ0n) is 12.5. The SMILES string of the molecule is CN(CC1CC1)C(=O)/C=C/c1ccc(-c2ccccc2F)s1. The number of amides is 1. The fourth-order valence-electron chi connectivity index (χ4n) is 2.31. The number of thiophene rings is 1. The van der Waals surface area contributed by atoms with Crippen molar-refractivity contribution in [2.45, 2.75) is 12.8 Å². The van der Waals surface area contributed by atoms with Gasteiger partial charge in [-0.25, -0.2) is 4.39 Å². The molecule has 114 valence electrons. The van der Waals surface area contributed by atoms with Gasteiger partial charge in [-0.1, -0.05) is 18.2 Å². The van der Waals surface area contributed by atoms with Crippen LogP contribution >= 0.6 is 11.3 Å². The smallest absolute Gasteiger partial charge is 0.246 e. The lowest BCUT2D eigenvalue weighted by atomic mass is 10.2. The Balaban J connectivity index is 1.67. The van der Waals surface area contributed by atoms with Gasteiger partial charge in [0.25, 0.3) is 0 Å². The zero-order valence-corrected chi connectivity index (χ0v) is 13.3. The minimum absolute atomic E-state index is 0.0211. The topological polar surface area (TPSA) is 20.3 Å². The van der Waals surface area contributed by atoms with Crippen molar-refractivity contribution >= 4 is 23.3 Å². The zero-order chi connectivity index (χ0) is 15.5. The molecule has 1 aromatic carbocycles. The molecular weight excluding hydrogens is 297 g/mol. The minimum Gasteiger partial charge on any atom is -0.342 e. The molecule has 2 nitrogen and oxygen atoms in total. The van der Waals surface area contributed by atoms with Gasteiger partial charge in [0, 0.05) is 35.0 Å². The van der Waals surface area contributed by atoms with Crippen LogP contribution in [-0.2, 0) is 4.79 Å². The molecule has 0 spiro atoms. The van der Waals surface area contributed by atoms with E-state index in [0.29, 0.717) is 11.5 Å². The molecule has 0 aliphatic heterocycles. The molecule has 0 saturated heterocycles. The quantitative estimate of drug-likeness (QED) is 0.747. The molecule has 0 atom stereocenters. The molecular formula is C18H18FNOS. The van der Waals surface area contributed by atoms with Crippen LogP contribution in [0.25, 0.3) is 16.5 Å². The van der Waals surface area contributed by atoms with Crippen LogP contribution in [0.3, 0.4) is 0 Å². The van der Waals surface area contributed by atoms with E-state index in [2.05, 4.69) is 0 Å². The predicted octanol–water partition coefficient (Wildman–Crippen LogP) is 4.44. The Labute approximate surface area is 133 Å². The van der Waals surface area contributed by atoms with Crippen LogP contribution in [0.15, 0.2) is 42.5 Å². The number of carbonyl (C=O) groups excluding carboxylic acids is 1. The van der Waals surface area contributed by atoms with Crippen molar-refractivity contribution < 1.29 is 9.18 Å². The lowest BCUT2D eigenvalue weighted by Gasteiger charge is -2.13. The van der Waals surface area contributed by atoms with Gasteiger partial charge in [-0.05, 0) is 43.0 Å². The Morgan fingerprint density at radius 2 is 2.09 bits per heavy atom. The number of halogens is 1. The molecule has 1 aromatic heterocycles. The van der Waals surface area contributed by atoms with E-state index in [-0.39, 0.29) is 11.7 Å². The van der Waals surface area contributed by atoms with E-state index >= 15 is 0 Å². The van der Waals surface area contributed by atoms with E-state index < -0.39 is 0 Å². The molecule has 1 aliphatic carbocycles. The third-order valence-electron chi connectivity index (χ3n) is 3.76. The van der Waals surface area contributed by atoms with Crippen LogP contribution in [0.4, 0.5) is 4.39 Å². The van der Waals surface area contributed by atoms with Crippen LogP contribution in [-0.4, -0.2) is 24.4 Å². The second-order valence-corrected chi connectivity index (χ2v) is 6.79. The highest BCUT2D eigenvalue weighted by molar-refractivity contribution is 7.16. The van der Waals surface area contributed by atoms with Crippen molar-refractivity contribution in [1.29, 1.82) is 0 Å². The summed E-state index contributed by atoms with van der Waals surface area (Å²) in [6, 6.07) is 10.5. The highest BCUT2D eigenvalue weighted by Crippen LogP contribution is 2.31. The van der Waals surface area contributed by atoms with Gasteiger partial charge in [-0.15, -0.1) is 11.3 Å². The summed E-state index contributed by atoms with van der Waals surface area (Å²) in [5.41, 5.74) is 0.601. The number of hydrogen-bond acceptors (Lipinski definition) is 2. The molecule has 3 rings (SSSR count). The third-order valence-corrected chi connectivity index (χ3v) is 4.85. The molecule has 4 heteroatoms. The first kappa shape index (κ1) is 15.0. The molecule has 0 bridgehead atoms. The van der Waals surface area contributed by atoms with Crippen LogP contribution < -0.4 is 0 Å². The van der Waals surface area contributed by atoms with Crippen molar-refractivity contribution in [3.8, 4) is 10.4 Å². The Kier molecular flexibility index (Phi) is 4.39. The molecule has 2 aromatic rings. The van der Waals surface area contributed by atoms with Gasteiger partial charge in [0.05, 0.1) is 0 Å². The summed E-state index contributed by atoms with van der Waals surface area (Å²) in [7, 11) is 1.84. The number of hydrogen-bond donors (Lipinski definition) is 0. The van der Waals surface area contributed by atoms with Gasteiger partial charge in [0.2, 0.25) is 5.91 Å². The van der Waals surface area contributed by atoms with Crippen LogP contribution in [0, 0.1) is 11.7 Å². The van der Waals surface area contributed by atoms with Crippen molar-refractivity contribution in [3.63, 3.8) is 0 Å². The average Bonchev–Trinajstić information content (AvgIpc) is 3.20. The largest absolute Gasteiger partial charge is 0.342 e. The maximum Gasteiger partial charge on any atom is 0.246 e. The molecule has 0 unspecified atom stereocenters. The summed E-state index contributed by atoms with van der Waals surface area (Å²) in [6.07, 6.45) is 5.87. The van der Waals surface area contributed by atoms with Crippen LogP contribution in [0.2, 0.25) is 0 Å². The fourth-order valence-corrected chi connectivity index (χ4v) is 3.24. The molecule has 0 radical (unpaired) electrons. The predicted molar refractivity (Wildman–Crippen MR) is 89.1 cm³/mol. The maximum absolute atomic E-state index is 13.8. The Bertz CT molecular complexity index is 703. The van der Waals surface area contributed by atoms with Crippen molar-refractivity contribution in [2.24, 2.45) is 5.92 Å². The van der Waals surface area contributed by atoms with E-state index in [0.717, 1.165) is 16.3 Å². The van der Waals surface area contributed by atoms with E-state index in [4.69, 9.17) is 0 Å². The van der Waals surface area contributed by atoms with Crippen molar-refractivity contribution in [1.82, 2.24) is 4.90 Å². The normalized spacial score (nSPS) is 14.5. The molecule has 1 heterocycles. The number of carbonyl (C=O) groups is 1. The first-order valence-corrected chi connectivity index (χ1v) is 8.23. The van der Waals surface area contributed by atoms with Gasteiger partial charge in [0.15, 0.2) is 0 Å². The second kappa shape index (κ2) is 6.44. The first-order valence-electron chi connectivity index (χ1n) is 7.41. The van der Waals surface area contributed by atoms with Crippen LogP contribution in [0.1, 0.15) is 17.7 Å².